The highest BCUT2D eigenvalue weighted by Crippen LogP contribution is 2.51. The highest BCUT2D eigenvalue weighted by Gasteiger charge is 2.36. The number of aromatic nitrogens is 1. The highest BCUT2D eigenvalue weighted by atomic mass is 15.1. The third-order valence-corrected chi connectivity index (χ3v) is 14.2. The molecule has 2 heteroatoms. The molecule has 7 aromatic carbocycles. The molecule has 0 saturated carbocycles. The van der Waals surface area contributed by atoms with E-state index in [1.165, 1.54) is 100 Å². The Hall–Kier alpha value is -6.90. The predicted octanol–water partition coefficient (Wildman–Crippen LogP) is 15.9. The Balaban J connectivity index is 0.905. The van der Waals surface area contributed by atoms with Crippen molar-refractivity contribution in [3.05, 3.63) is 215 Å². The molecule has 0 bridgehead atoms. The lowest BCUT2D eigenvalue weighted by Crippen LogP contribution is -2.16. The van der Waals surface area contributed by atoms with Gasteiger partial charge in [-0.1, -0.05) is 136 Å². The number of fused-ring (bicyclic) bond motifs is 9. The first-order chi connectivity index (χ1) is 29.9. The number of hydrogen-bond donors (Lipinski definition) is 0. The third kappa shape index (κ3) is 5.62. The summed E-state index contributed by atoms with van der Waals surface area (Å²) in [5.41, 5.74) is 24.8. The quantitative estimate of drug-likeness (QED) is 0.163. The first-order valence-electron chi connectivity index (χ1n) is 22.1. The molecule has 4 aliphatic rings. The van der Waals surface area contributed by atoms with Gasteiger partial charge < -0.3 is 9.47 Å². The molecule has 1 heterocycles. The summed E-state index contributed by atoms with van der Waals surface area (Å²) in [5, 5.41) is 1.39. The van der Waals surface area contributed by atoms with Gasteiger partial charge >= 0.3 is 0 Å². The first kappa shape index (κ1) is 36.0. The zero-order valence-corrected chi connectivity index (χ0v) is 35.1. The van der Waals surface area contributed by atoms with E-state index in [1.54, 1.807) is 0 Å². The van der Waals surface area contributed by atoms with Gasteiger partial charge in [0.05, 0.1) is 5.52 Å². The SMILES string of the molecule is CC1c2ccccc2-c2cc3c4c(n(-c5ccc(-c6ccc(N(c7ccc(C8=CCCC=C8)cc7)c7ccc8c(c7)C(C)(C)c7ccccc7-8)cc6)cc5)c3cc21)C=CCC4. The Kier molecular flexibility index (Phi) is 8.16. The van der Waals surface area contributed by atoms with Crippen molar-refractivity contribution in [1.29, 1.82) is 0 Å². The molecular weight excluding hydrogens is 737 g/mol. The molecular formula is C59H48N2. The van der Waals surface area contributed by atoms with Crippen LogP contribution in [0.25, 0.3) is 61.6 Å². The van der Waals surface area contributed by atoms with E-state index < -0.39 is 0 Å². The van der Waals surface area contributed by atoms with E-state index in [0.717, 1.165) is 37.1 Å². The van der Waals surface area contributed by atoms with Gasteiger partial charge in [0.15, 0.2) is 0 Å². The minimum atomic E-state index is -0.0832. The van der Waals surface area contributed by atoms with Crippen LogP contribution < -0.4 is 4.90 Å². The maximum Gasteiger partial charge on any atom is 0.0541 e. The predicted molar refractivity (Wildman–Crippen MR) is 258 cm³/mol. The van der Waals surface area contributed by atoms with Crippen molar-refractivity contribution >= 4 is 39.6 Å². The van der Waals surface area contributed by atoms with Crippen molar-refractivity contribution < 1.29 is 0 Å². The summed E-state index contributed by atoms with van der Waals surface area (Å²) in [7, 11) is 0. The Morgan fingerprint density at radius 1 is 0.541 bits per heavy atom. The van der Waals surface area contributed by atoms with Gasteiger partial charge in [-0.25, -0.2) is 0 Å². The van der Waals surface area contributed by atoms with E-state index >= 15 is 0 Å². The standard InChI is InChI=1S/C59H48N2/c1-38-47-15-7-8-16-48(47)53-36-54-51-18-10-12-20-57(51)61(58(54)37-52(38)53)45-31-25-42(26-32-45)41-23-29-44(30-24-41)60(43-27-21-40(22-28-43)39-13-5-4-6-14-39)46-33-34-50-49-17-9-11-19-55(49)59(2,3)56(50)35-46/h5,7-9,11-17,19-38H,4,6,10,18H2,1-3H3. The molecule has 4 aliphatic carbocycles. The van der Waals surface area contributed by atoms with Crippen LogP contribution in [0.15, 0.2) is 176 Å². The summed E-state index contributed by atoms with van der Waals surface area (Å²) >= 11 is 0. The number of hydrogen-bond acceptors (Lipinski definition) is 1. The number of aryl methyl sites for hydroxylation is 1. The fourth-order valence-corrected chi connectivity index (χ4v) is 11.0. The average Bonchev–Trinajstić information content (AvgIpc) is 3.88. The van der Waals surface area contributed by atoms with Crippen LogP contribution in [0.5, 0.6) is 0 Å². The summed E-state index contributed by atoms with van der Waals surface area (Å²) in [6.07, 6.45) is 16.0. The smallest absolute Gasteiger partial charge is 0.0541 e. The van der Waals surface area contributed by atoms with Gasteiger partial charge in [0.25, 0.3) is 0 Å². The molecule has 0 saturated heterocycles. The summed E-state index contributed by atoms with van der Waals surface area (Å²) < 4.78 is 2.50. The van der Waals surface area contributed by atoms with Crippen LogP contribution in [0, 0.1) is 0 Å². The molecule has 61 heavy (non-hydrogen) atoms. The molecule has 0 N–H and O–H groups in total. The topological polar surface area (TPSA) is 8.17 Å². The fraction of sp³-hybridized carbons (Fsp3) is 0.153. The lowest BCUT2D eigenvalue weighted by molar-refractivity contribution is 0.660. The average molecular weight is 785 g/mol. The zero-order valence-electron chi connectivity index (χ0n) is 35.1. The molecule has 0 spiro atoms. The van der Waals surface area contributed by atoms with Gasteiger partial charge in [-0.3, -0.25) is 0 Å². The molecule has 2 nitrogen and oxygen atoms in total. The Morgan fingerprint density at radius 2 is 1.20 bits per heavy atom. The van der Waals surface area contributed by atoms with Crippen LogP contribution in [-0.4, -0.2) is 4.57 Å². The van der Waals surface area contributed by atoms with Gasteiger partial charge in [0.1, 0.15) is 0 Å². The lowest BCUT2D eigenvalue weighted by Gasteiger charge is -2.28. The maximum atomic E-state index is 2.50. The summed E-state index contributed by atoms with van der Waals surface area (Å²) in [5.74, 6) is 0.385. The van der Waals surface area contributed by atoms with E-state index in [1.807, 2.05) is 0 Å². The van der Waals surface area contributed by atoms with Crippen LogP contribution in [-0.2, 0) is 11.8 Å². The molecule has 0 aliphatic heterocycles. The number of benzene rings is 7. The van der Waals surface area contributed by atoms with Crippen LogP contribution >= 0.6 is 0 Å². The Bertz CT molecular complexity index is 3150. The van der Waals surface area contributed by atoms with Crippen molar-refractivity contribution in [2.45, 2.75) is 57.8 Å². The molecule has 0 amide bonds. The lowest BCUT2D eigenvalue weighted by atomic mass is 9.82. The number of anilines is 3. The van der Waals surface area contributed by atoms with Crippen LogP contribution in [0.3, 0.4) is 0 Å². The molecule has 0 fully saturated rings. The van der Waals surface area contributed by atoms with E-state index in [4.69, 9.17) is 0 Å². The molecule has 0 radical (unpaired) electrons. The molecule has 294 valence electrons. The molecule has 8 aromatic rings. The van der Waals surface area contributed by atoms with Gasteiger partial charge in [0, 0.05) is 45.2 Å². The number of allylic oxidation sites excluding steroid dienone is 5. The van der Waals surface area contributed by atoms with Crippen molar-refractivity contribution in [3.8, 4) is 39.1 Å². The molecule has 12 rings (SSSR count). The third-order valence-electron chi connectivity index (χ3n) is 14.2. The van der Waals surface area contributed by atoms with Crippen molar-refractivity contribution in [2.75, 3.05) is 4.90 Å². The number of rotatable bonds is 6. The Labute approximate surface area is 359 Å². The van der Waals surface area contributed by atoms with Gasteiger partial charge in [-0.2, -0.15) is 0 Å². The summed E-state index contributed by atoms with van der Waals surface area (Å²) in [6, 6.07) is 57.4. The van der Waals surface area contributed by atoms with E-state index in [2.05, 4.69) is 212 Å². The van der Waals surface area contributed by atoms with Crippen LogP contribution in [0.2, 0.25) is 0 Å². The Morgan fingerprint density at radius 3 is 1.95 bits per heavy atom. The van der Waals surface area contributed by atoms with Gasteiger partial charge in [-0.05, 0) is 165 Å². The van der Waals surface area contributed by atoms with Crippen molar-refractivity contribution in [1.82, 2.24) is 4.57 Å². The van der Waals surface area contributed by atoms with Crippen LogP contribution in [0.1, 0.15) is 85.0 Å². The highest BCUT2D eigenvalue weighted by molar-refractivity contribution is 5.97. The van der Waals surface area contributed by atoms with Gasteiger partial charge in [0.2, 0.25) is 0 Å². The maximum absolute atomic E-state index is 2.50. The molecule has 1 atom stereocenters. The molecule has 1 aromatic heterocycles. The van der Waals surface area contributed by atoms with Crippen molar-refractivity contribution in [2.24, 2.45) is 0 Å². The minimum Gasteiger partial charge on any atom is -0.310 e. The second-order valence-electron chi connectivity index (χ2n) is 17.9. The van der Waals surface area contributed by atoms with E-state index in [-0.39, 0.29) is 5.41 Å². The second kappa shape index (κ2) is 13.8. The normalized spacial score (nSPS) is 16.4. The van der Waals surface area contributed by atoms with E-state index in [0.29, 0.717) is 5.92 Å². The second-order valence-corrected chi connectivity index (χ2v) is 17.9. The summed E-state index contributed by atoms with van der Waals surface area (Å²) in [4.78, 5) is 2.42. The van der Waals surface area contributed by atoms with Crippen molar-refractivity contribution in [3.63, 3.8) is 0 Å². The molecule has 1 unspecified atom stereocenters. The monoisotopic (exact) mass is 784 g/mol. The van der Waals surface area contributed by atoms with Crippen LogP contribution in [0.4, 0.5) is 17.1 Å². The number of nitrogens with zero attached hydrogens (tertiary/aromatic N) is 2. The largest absolute Gasteiger partial charge is 0.310 e. The van der Waals surface area contributed by atoms with Gasteiger partial charge in [-0.15, -0.1) is 0 Å². The first-order valence-corrected chi connectivity index (χ1v) is 22.1. The summed E-state index contributed by atoms with van der Waals surface area (Å²) in [6.45, 7) is 7.08. The zero-order chi connectivity index (χ0) is 40.8. The van der Waals surface area contributed by atoms with E-state index in [9.17, 15) is 0 Å². The minimum absolute atomic E-state index is 0.0832. The fourth-order valence-electron chi connectivity index (χ4n) is 11.0.